The lowest BCUT2D eigenvalue weighted by molar-refractivity contribution is -0.131. The van der Waals surface area contributed by atoms with E-state index in [4.69, 9.17) is 0 Å². The second kappa shape index (κ2) is 9.72. The molecule has 1 saturated heterocycles. The Morgan fingerprint density at radius 3 is 2.12 bits per heavy atom. The number of amides is 2. The van der Waals surface area contributed by atoms with Crippen molar-refractivity contribution < 1.29 is 22.4 Å². The maximum Gasteiger partial charge on any atom is 0.264 e. The number of thiophene rings is 1. The summed E-state index contributed by atoms with van der Waals surface area (Å²) in [5.41, 5.74) is 0.335. The maximum absolute atomic E-state index is 13.3. The van der Waals surface area contributed by atoms with Gasteiger partial charge in [-0.2, -0.15) is 0 Å². The SMILES string of the molecule is O=C(CN(c1ccccc1)S(=O)(=O)c1ccc(F)cc1)N1CCN(C(=O)c2cccs2)CC1. The van der Waals surface area contributed by atoms with Crippen molar-refractivity contribution in [2.45, 2.75) is 4.90 Å². The molecule has 1 aromatic heterocycles. The summed E-state index contributed by atoms with van der Waals surface area (Å²) in [4.78, 5) is 29.4. The molecule has 3 aromatic rings. The van der Waals surface area contributed by atoms with E-state index in [1.54, 1.807) is 46.2 Å². The second-order valence-corrected chi connectivity index (χ2v) is 10.3. The monoisotopic (exact) mass is 487 g/mol. The van der Waals surface area contributed by atoms with Crippen molar-refractivity contribution in [3.05, 3.63) is 82.8 Å². The van der Waals surface area contributed by atoms with Crippen molar-refractivity contribution in [3.63, 3.8) is 0 Å². The van der Waals surface area contributed by atoms with Gasteiger partial charge in [-0.3, -0.25) is 13.9 Å². The molecule has 7 nitrogen and oxygen atoms in total. The van der Waals surface area contributed by atoms with E-state index in [2.05, 4.69) is 0 Å². The van der Waals surface area contributed by atoms with E-state index in [1.807, 2.05) is 11.4 Å². The van der Waals surface area contributed by atoms with Gasteiger partial charge in [0.2, 0.25) is 5.91 Å². The highest BCUT2D eigenvalue weighted by atomic mass is 32.2. The number of para-hydroxylation sites is 1. The Morgan fingerprint density at radius 1 is 0.879 bits per heavy atom. The molecule has 33 heavy (non-hydrogen) atoms. The number of hydrogen-bond donors (Lipinski definition) is 0. The van der Waals surface area contributed by atoms with Crippen LogP contribution in [0.5, 0.6) is 0 Å². The van der Waals surface area contributed by atoms with Gasteiger partial charge in [0, 0.05) is 26.2 Å². The van der Waals surface area contributed by atoms with E-state index in [0.717, 1.165) is 16.4 Å². The van der Waals surface area contributed by atoms with Crippen LogP contribution >= 0.6 is 11.3 Å². The van der Waals surface area contributed by atoms with Crippen molar-refractivity contribution in [1.29, 1.82) is 0 Å². The van der Waals surface area contributed by atoms with Gasteiger partial charge in [-0.05, 0) is 47.8 Å². The number of rotatable bonds is 6. The zero-order chi connectivity index (χ0) is 23.4. The number of hydrogen-bond acceptors (Lipinski definition) is 5. The third-order valence-electron chi connectivity index (χ3n) is 5.38. The Labute approximate surface area is 195 Å². The molecule has 2 amide bonds. The average molecular weight is 488 g/mol. The van der Waals surface area contributed by atoms with Gasteiger partial charge >= 0.3 is 0 Å². The Hall–Kier alpha value is -3.24. The van der Waals surface area contributed by atoms with Crippen LogP contribution in [0.25, 0.3) is 0 Å². The smallest absolute Gasteiger partial charge is 0.264 e. The molecule has 0 saturated carbocycles. The van der Waals surface area contributed by atoms with Crippen molar-refractivity contribution in [2.24, 2.45) is 0 Å². The number of carbonyl (C=O) groups is 2. The van der Waals surface area contributed by atoms with Crippen LogP contribution in [-0.4, -0.2) is 62.8 Å². The van der Waals surface area contributed by atoms with Crippen LogP contribution in [-0.2, 0) is 14.8 Å². The topological polar surface area (TPSA) is 78.0 Å². The number of anilines is 1. The molecule has 0 bridgehead atoms. The molecule has 172 valence electrons. The van der Waals surface area contributed by atoms with Gasteiger partial charge in [-0.15, -0.1) is 11.3 Å². The molecule has 4 rings (SSSR count). The molecule has 1 aliphatic rings. The fraction of sp³-hybridized carbons (Fsp3) is 0.217. The summed E-state index contributed by atoms with van der Waals surface area (Å²) in [6, 6.07) is 16.4. The first-order valence-electron chi connectivity index (χ1n) is 10.3. The lowest BCUT2D eigenvalue weighted by atomic mass is 10.2. The predicted molar refractivity (Wildman–Crippen MR) is 124 cm³/mol. The van der Waals surface area contributed by atoms with Crippen LogP contribution in [0, 0.1) is 5.82 Å². The molecule has 0 unspecified atom stereocenters. The molecule has 0 spiro atoms. The quantitative estimate of drug-likeness (QED) is 0.536. The number of carbonyl (C=O) groups excluding carboxylic acids is 2. The summed E-state index contributed by atoms with van der Waals surface area (Å²) in [6.45, 7) is 0.976. The molecule has 1 fully saturated rings. The van der Waals surface area contributed by atoms with E-state index < -0.39 is 22.4 Å². The van der Waals surface area contributed by atoms with Crippen LogP contribution in [0.15, 0.2) is 77.0 Å². The van der Waals surface area contributed by atoms with Crippen molar-refractivity contribution in [3.8, 4) is 0 Å². The van der Waals surface area contributed by atoms with Crippen LogP contribution in [0.3, 0.4) is 0 Å². The van der Waals surface area contributed by atoms with Gasteiger partial charge in [0.15, 0.2) is 0 Å². The molecule has 2 aromatic carbocycles. The average Bonchev–Trinajstić information content (AvgIpc) is 3.38. The number of benzene rings is 2. The Balaban J connectivity index is 1.49. The van der Waals surface area contributed by atoms with Crippen molar-refractivity contribution >= 4 is 38.9 Å². The lowest BCUT2D eigenvalue weighted by Gasteiger charge is -2.35. The zero-order valence-electron chi connectivity index (χ0n) is 17.6. The van der Waals surface area contributed by atoms with Crippen molar-refractivity contribution in [2.75, 3.05) is 37.0 Å². The van der Waals surface area contributed by atoms with Gasteiger partial charge in [0.05, 0.1) is 15.5 Å². The van der Waals surface area contributed by atoms with E-state index in [9.17, 15) is 22.4 Å². The third-order valence-corrected chi connectivity index (χ3v) is 8.02. The summed E-state index contributed by atoms with van der Waals surface area (Å²) in [6.07, 6.45) is 0. The summed E-state index contributed by atoms with van der Waals surface area (Å²) in [5, 5.41) is 1.84. The summed E-state index contributed by atoms with van der Waals surface area (Å²) >= 11 is 1.37. The van der Waals surface area contributed by atoms with Gasteiger partial charge < -0.3 is 9.80 Å². The molecule has 0 atom stereocenters. The first-order chi connectivity index (χ1) is 15.9. The summed E-state index contributed by atoms with van der Waals surface area (Å²) in [7, 11) is -4.10. The van der Waals surface area contributed by atoms with Crippen LogP contribution in [0.1, 0.15) is 9.67 Å². The molecule has 10 heteroatoms. The minimum Gasteiger partial charge on any atom is -0.338 e. The van der Waals surface area contributed by atoms with Crippen LogP contribution in [0.4, 0.5) is 10.1 Å². The normalized spacial score (nSPS) is 14.2. The predicted octanol–water partition coefficient (Wildman–Crippen LogP) is 3.07. The fourth-order valence-electron chi connectivity index (χ4n) is 3.58. The molecule has 0 aliphatic carbocycles. The van der Waals surface area contributed by atoms with Crippen molar-refractivity contribution in [1.82, 2.24) is 9.80 Å². The molecule has 0 radical (unpaired) electrons. The lowest BCUT2D eigenvalue weighted by Crippen LogP contribution is -2.53. The summed E-state index contributed by atoms with van der Waals surface area (Å²) in [5.74, 6) is -0.985. The van der Waals surface area contributed by atoms with Crippen LogP contribution < -0.4 is 4.31 Å². The highest BCUT2D eigenvalue weighted by molar-refractivity contribution is 7.92. The highest BCUT2D eigenvalue weighted by Crippen LogP contribution is 2.24. The molecule has 1 aliphatic heterocycles. The first-order valence-corrected chi connectivity index (χ1v) is 12.6. The molecular weight excluding hydrogens is 465 g/mol. The molecule has 0 N–H and O–H groups in total. The number of halogens is 1. The first kappa shape index (κ1) is 22.9. The summed E-state index contributed by atoms with van der Waals surface area (Å²) < 4.78 is 41.0. The van der Waals surface area contributed by atoms with Gasteiger partial charge in [0.1, 0.15) is 12.4 Å². The van der Waals surface area contributed by atoms with Gasteiger partial charge in [0.25, 0.3) is 15.9 Å². The minimum absolute atomic E-state index is 0.0677. The van der Waals surface area contributed by atoms with E-state index in [1.165, 1.54) is 23.5 Å². The number of piperazine rings is 1. The maximum atomic E-state index is 13.3. The Kier molecular flexibility index (Phi) is 6.75. The Bertz CT molecular complexity index is 1210. The standard InChI is InChI=1S/C23H22FN3O4S2/c24-18-8-10-20(11-9-18)33(30,31)27(19-5-2-1-3-6-19)17-22(28)25-12-14-26(15-13-25)23(29)21-7-4-16-32-21/h1-11,16H,12-15,17H2. The Morgan fingerprint density at radius 2 is 1.52 bits per heavy atom. The van der Waals surface area contributed by atoms with E-state index in [0.29, 0.717) is 36.7 Å². The largest absolute Gasteiger partial charge is 0.338 e. The van der Waals surface area contributed by atoms with Gasteiger partial charge in [-0.1, -0.05) is 24.3 Å². The number of nitrogens with zero attached hydrogens (tertiary/aromatic N) is 3. The van der Waals surface area contributed by atoms with E-state index in [-0.39, 0.29) is 16.7 Å². The molecular formula is C23H22FN3O4S2. The third kappa shape index (κ3) is 5.07. The zero-order valence-corrected chi connectivity index (χ0v) is 19.3. The second-order valence-electron chi connectivity index (χ2n) is 7.45. The van der Waals surface area contributed by atoms with E-state index >= 15 is 0 Å². The van der Waals surface area contributed by atoms with Crippen LogP contribution in [0.2, 0.25) is 0 Å². The fourth-order valence-corrected chi connectivity index (χ4v) is 5.69. The number of sulfonamides is 1. The highest BCUT2D eigenvalue weighted by Gasteiger charge is 2.31. The molecule has 2 heterocycles. The minimum atomic E-state index is -4.10. The van der Waals surface area contributed by atoms with Gasteiger partial charge in [-0.25, -0.2) is 12.8 Å².